The van der Waals surface area contributed by atoms with Gasteiger partial charge in [-0.2, -0.15) is 0 Å². The van der Waals surface area contributed by atoms with Crippen molar-refractivity contribution in [3.05, 3.63) is 29.8 Å². The normalized spacial score (nSPS) is 12.7. The molecule has 0 saturated carbocycles. The summed E-state index contributed by atoms with van der Waals surface area (Å²) in [6.07, 6.45) is 0.880. The Morgan fingerprint density at radius 3 is 2.50 bits per heavy atom. The average molecular weight is 267 g/mol. The van der Waals surface area contributed by atoms with Crippen molar-refractivity contribution < 1.29 is 9.90 Å². The molecule has 0 fully saturated rings. The Kier molecular flexibility index (Phi) is 6.22. The Labute approximate surface area is 113 Å². The van der Waals surface area contributed by atoms with Gasteiger partial charge >= 0.3 is 5.97 Å². The molecule has 100 valence electrons. The van der Waals surface area contributed by atoms with E-state index in [4.69, 9.17) is 5.11 Å². The first-order chi connectivity index (χ1) is 8.54. The summed E-state index contributed by atoms with van der Waals surface area (Å²) < 4.78 is 0. The van der Waals surface area contributed by atoms with Crippen LogP contribution in [0.1, 0.15) is 19.4 Å². The third-order valence-electron chi connectivity index (χ3n) is 3.01. The minimum Gasteiger partial charge on any atom is -0.480 e. The van der Waals surface area contributed by atoms with Crippen LogP contribution >= 0.6 is 11.8 Å². The number of carbonyl (C=O) groups is 1. The van der Waals surface area contributed by atoms with Crippen LogP contribution in [-0.4, -0.2) is 41.4 Å². The van der Waals surface area contributed by atoms with E-state index >= 15 is 0 Å². The zero-order chi connectivity index (χ0) is 13.5. The van der Waals surface area contributed by atoms with Crippen LogP contribution in [0.25, 0.3) is 0 Å². The van der Waals surface area contributed by atoms with Crippen molar-refractivity contribution in [1.82, 2.24) is 4.90 Å². The molecule has 1 aromatic rings. The van der Waals surface area contributed by atoms with Gasteiger partial charge < -0.3 is 5.11 Å². The molecule has 0 heterocycles. The summed E-state index contributed by atoms with van der Waals surface area (Å²) in [5.41, 5.74) is 1.25. The fourth-order valence-corrected chi connectivity index (χ4v) is 2.27. The van der Waals surface area contributed by atoms with Crippen LogP contribution in [0.3, 0.4) is 0 Å². The number of hydrogen-bond acceptors (Lipinski definition) is 3. The molecule has 4 heteroatoms. The minimum atomic E-state index is -0.771. The summed E-state index contributed by atoms with van der Waals surface area (Å²) in [4.78, 5) is 14.0. The van der Waals surface area contributed by atoms with E-state index in [1.165, 1.54) is 10.5 Å². The molecule has 0 aliphatic heterocycles. The zero-order valence-electron chi connectivity index (χ0n) is 11.2. The number of rotatable bonds is 7. The molecule has 0 aliphatic rings. The quantitative estimate of drug-likeness (QED) is 0.771. The molecule has 0 amide bonds. The summed E-state index contributed by atoms with van der Waals surface area (Å²) in [7, 11) is 1.85. The van der Waals surface area contributed by atoms with Crippen LogP contribution in [0, 0.1) is 0 Å². The molecular weight excluding hydrogens is 246 g/mol. The van der Waals surface area contributed by atoms with E-state index in [9.17, 15) is 4.79 Å². The number of carboxylic acid groups (broad SMARTS) is 1. The molecule has 1 N–H and O–H groups in total. The number of hydrogen-bond donors (Lipinski definition) is 1. The molecule has 0 saturated heterocycles. The second-order valence-corrected chi connectivity index (χ2v) is 5.66. The van der Waals surface area contributed by atoms with E-state index in [1.54, 1.807) is 6.92 Å². The van der Waals surface area contributed by atoms with E-state index in [1.807, 2.05) is 23.7 Å². The number of nitrogens with zero attached hydrogens (tertiary/aromatic N) is 1. The lowest BCUT2D eigenvalue weighted by Crippen LogP contribution is -2.37. The smallest absolute Gasteiger partial charge is 0.320 e. The molecule has 1 rings (SSSR count). The van der Waals surface area contributed by atoms with Gasteiger partial charge in [0.25, 0.3) is 0 Å². The molecule has 0 aliphatic carbocycles. The summed E-state index contributed by atoms with van der Waals surface area (Å²) in [6, 6.07) is 8.07. The highest BCUT2D eigenvalue weighted by Gasteiger charge is 2.15. The van der Waals surface area contributed by atoms with Crippen LogP contribution in [-0.2, 0) is 11.2 Å². The van der Waals surface area contributed by atoms with E-state index in [2.05, 4.69) is 31.2 Å². The summed E-state index contributed by atoms with van der Waals surface area (Å²) in [6.45, 7) is 4.61. The summed E-state index contributed by atoms with van der Waals surface area (Å²) >= 11 is 1.83. The van der Waals surface area contributed by atoms with Crippen molar-refractivity contribution in [2.75, 3.05) is 19.3 Å². The number of likely N-dealkylation sites (N-methyl/N-ethyl adjacent to an activating group) is 1. The van der Waals surface area contributed by atoms with Crippen LogP contribution in [0.2, 0.25) is 0 Å². The average Bonchev–Trinajstić information content (AvgIpc) is 2.37. The van der Waals surface area contributed by atoms with Crippen molar-refractivity contribution in [3.8, 4) is 0 Å². The van der Waals surface area contributed by atoms with Crippen LogP contribution < -0.4 is 0 Å². The van der Waals surface area contributed by atoms with Gasteiger partial charge in [0.15, 0.2) is 0 Å². The van der Waals surface area contributed by atoms with E-state index in [0.717, 1.165) is 18.7 Å². The molecule has 0 radical (unpaired) electrons. The Morgan fingerprint density at radius 2 is 2.00 bits per heavy atom. The molecule has 0 bridgehead atoms. The first-order valence-electron chi connectivity index (χ1n) is 6.19. The number of thioether (sulfide) groups is 1. The topological polar surface area (TPSA) is 40.5 Å². The van der Waals surface area contributed by atoms with Crippen molar-refractivity contribution in [3.63, 3.8) is 0 Å². The highest BCUT2D eigenvalue weighted by atomic mass is 32.2. The van der Waals surface area contributed by atoms with Crippen molar-refractivity contribution >= 4 is 17.7 Å². The molecule has 0 spiro atoms. The van der Waals surface area contributed by atoms with E-state index in [-0.39, 0.29) is 0 Å². The van der Waals surface area contributed by atoms with Gasteiger partial charge in [-0.05, 0) is 43.8 Å². The lowest BCUT2D eigenvalue weighted by atomic mass is 10.1. The second kappa shape index (κ2) is 7.44. The lowest BCUT2D eigenvalue weighted by molar-refractivity contribution is -0.142. The third kappa shape index (κ3) is 4.70. The Morgan fingerprint density at radius 1 is 1.39 bits per heavy atom. The predicted molar refractivity (Wildman–Crippen MR) is 76.3 cm³/mol. The fraction of sp³-hybridized carbons (Fsp3) is 0.500. The maximum atomic E-state index is 10.8. The summed E-state index contributed by atoms with van der Waals surface area (Å²) in [5.74, 6) is 0.310. The molecular formula is C14H21NO2S. The highest BCUT2D eigenvalue weighted by Crippen LogP contribution is 2.18. The molecule has 18 heavy (non-hydrogen) atoms. The van der Waals surface area contributed by atoms with Gasteiger partial charge in [-0.25, -0.2) is 0 Å². The first kappa shape index (κ1) is 15.1. The van der Waals surface area contributed by atoms with Crippen molar-refractivity contribution in [1.29, 1.82) is 0 Å². The third-order valence-corrected chi connectivity index (χ3v) is 3.90. The van der Waals surface area contributed by atoms with Crippen LogP contribution in [0.15, 0.2) is 29.2 Å². The Bertz CT molecular complexity index is 378. The maximum Gasteiger partial charge on any atom is 0.320 e. The molecule has 1 aromatic carbocycles. The zero-order valence-corrected chi connectivity index (χ0v) is 12.0. The van der Waals surface area contributed by atoms with Crippen molar-refractivity contribution in [2.45, 2.75) is 31.2 Å². The molecule has 1 unspecified atom stereocenters. The number of carboxylic acids is 1. The van der Waals surface area contributed by atoms with Gasteiger partial charge in [0.1, 0.15) is 6.04 Å². The lowest BCUT2D eigenvalue weighted by Gasteiger charge is -2.20. The second-order valence-electron chi connectivity index (χ2n) is 4.32. The first-order valence-corrected chi connectivity index (χ1v) is 7.18. The largest absolute Gasteiger partial charge is 0.480 e. The van der Waals surface area contributed by atoms with Crippen LogP contribution in [0.4, 0.5) is 0 Å². The van der Waals surface area contributed by atoms with Gasteiger partial charge in [-0.3, -0.25) is 9.69 Å². The molecule has 3 nitrogen and oxygen atoms in total. The summed E-state index contributed by atoms with van der Waals surface area (Å²) in [5, 5.41) is 8.90. The number of benzene rings is 1. The molecule has 0 aromatic heterocycles. The maximum absolute atomic E-state index is 10.8. The van der Waals surface area contributed by atoms with Gasteiger partial charge in [0, 0.05) is 11.4 Å². The Hall–Kier alpha value is -1.00. The monoisotopic (exact) mass is 267 g/mol. The predicted octanol–water partition coefficient (Wildman–Crippen LogP) is 2.75. The SMILES string of the molecule is CCSc1ccc(CCN(C)C(C)C(=O)O)cc1. The van der Waals surface area contributed by atoms with Gasteiger partial charge in [-0.15, -0.1) is 11.8 Å². The van der Waals surface area contributed by atoms with Gasteiger partial charge in [0.2, 0.25) is 0 Å². The minimum absolute atomic E-state index is 0.431. The van der Waals surface area contributed by atoms with E-state index in [0.29, 0.717) is 0 Å². The van der Waals surface area contributed by atoms with Crippen LogP contribution in [0.5, 0.6) is 0 Å². The van der Waals surface area contributed by atoms with Crippen molar-refractivity contribution in [2.24, 2.45) is 0 Å². The van der Waals surface area contributed by atoms with Gasteiger partial charge in [-0.1, -0.05) is 19.1 Å². The number of aliphatic carboxylic acids is 1. The molecule has 1 atom stereocenters. The van der Waals surface area contributed by atoms with E-state index < -0.39 is 12.0 Å². The standard InChI is InChI=1S/C14H21NO2S/c1-4-18-13-7-5-12(6-8-13)9-10-15(3)11(2)14(16)17/h5-8,11H,4,9-10H2,1-3H3,(H,16,17). The fourth-order valence-electron chi connectivity index (χ4n) is 1.61. The Balaban J connectivity index is 2.46. The highest BCUT2D eigenvalue weighted by molar-refractivity contribution is 7.99. The van der Waals surface area contributed by atoms with Gasteiger partial charge in [0.05, 0.1) is 0 Å².